The quantitative estimate of drug-likeness (QED) is 0.565. The van der Waals surface area contributed by atoms with Crippen molar-refractivity contribution in [3.8, 4) is 6.07 Å². The van der Waals surface area contributed by atoms with Crippen molar-refractivity contribution in [2.45, 2.75) is 101 Å². The maximum atomic E-state index is 15.1. The van der Waals surface area contributed by atoms with Gasteiger partial charge in [-0.05, 0) is 70.6 Å². The van der Waals surface area contributed by atoms with Crippen molar-refractivity contribution < 1.29 is 31.9 Å². The van der Waals surface area contributed by atoms with E-state index in [4.69, 9.17) is 4.74 Å². The normalized spacial score (nSPS) is 43.1. The van der Waals surface area contributed by atoms with Gasteiger partial charge in [-0.3, -0.25) is 14.9 Å². The number of piperazine rings is 1. The van der Waals surface area contributed by atoms with Crippen molar-refractivity contribution in [2.24, 2.45) is 23.7 Å². The van der Waals surface area contributed by atoms with Crippen LogP contribution in [0.2, 0.25) is 0 Å². The van der Waals surface area contributed by atoms with E-state index < -0.39 is 29.8 Å². The number of hydrogen-bond acceptors (Lipinski definition) is 5. The maximum Gasteiger partial charge on any atom is 0.391 e. The van der Waals surface area contributed by atoms with E-state index in [1.807, 2.05) is 6.92 Å². The Morgan fingerprint density at radius 3 is 2.41 bits per heavy atom. The summed E-state index contributed by atoms with van der Waals surface area (Å²) < 4.78 is 60.5. The van der Waals surface area contributed by atoms with Gasteiger partial charge in [0.2, 0.25) is 11.8 Å². The van der Waals surface area contributed by atoms with Crippen LogP contribution in [0.25, 0.3) is 0 Å². The largest absolute Gasteiger partial charge is 0.391 e. The van der Waals surface area contributed by atoms with E-state index in [2.05, 4.69) is 11.4 Å². The van der Waals surface area contributed by atoms with E-state index in [9.17, 15) is 28.0 Å². The third kappa shape index (κ3) is 4.96. The van der Waals surface area contributed by atoms with Crippen LogP contribution in [0.15, 0.2) is 0 Å². The Morgan fingerprint density at radius 2 is 1.84 bits per heavy atom. The molecule has 0 radical (unpaired) electrons. The molecule has 37 heavy (non-hydrogen) atoms. The second-order valence-electron chi connectivity index (χ2n) is 11.9. The Morgan fingerprint density at radius 1 is 1.14 bits per heavy atom. The smallest absolute Gasteiger partial charge is 0.361 e. The molecule has 5 aliphatic rings. The minimum Gasteiger partial charge on any atom is -0.361 e. The molecule has 206 valence electrons. The van der Waals surface area contributed by atoms with Gasteiger partial charge in [0.1, 0.15) is 24.5 Å². The van der Waals surface area contributed by atoms with E-state index in [-0.39, 0.29) is 74.2 Å². The van der Waals surface area contributed by atoms with Crippen molar-refractivity contribution in [3.05, 3.63) is 0 Å². The molecule has 2 aliphatic heterocycles. The fourth-order valence-electron chi connectivity index (χ4n) is 7.28. The van der Waals surface area contributed by atoms with Gasteiger partial charge >= 0.3 is 6.18 Å². The second kappa shape index (κ2) is 9.99. The van der Waals surface area contributed by atoms with E-state index in [1.165, 1.54) is 4.90 Å². The first-order valence-electron chi connectivity index (χ1n) is 13.6. The Balaban J connectivity index is 1.33. The summed E-state index contributed by atoms with van der Waals surface area (Å²) in [4.78, 5) is 30.6. The number of amides is 2. The van der Waals surface area contributed by atoms with Crippen LogP contribution < -0.4 is 5.32 Å². The van der Waals surface area contributed by atoms with Gasteiger partial charge in [-0.15, -0.1) is 0 Å². The summed E-state index contributed by atoms with van der Waals surface area (Å²) in [5, 5.41) is 12.6. The number of carbonyl (C=O) groups excluding carboxylic acids is 2. The molecular formula is C26H36F4N4O3. The molecule has 7 nitrogen and oxygen atoms in total. The minimum absolute atomic E-state index is 0.0145. The maximum absolute atomic E-state index is 15.1. The predicted molar refractivity (Wildman–Crippen MR) is 124 cm³/mol. The van der Waals surface area contributed by atoms with Gasteiger partial charge in [0.15, 0.2) is 0 Å². The highest BCUT2D eigenvalue weighted by Gasteiger charge is 2.63. The molecule has 1 spiro atoms. The fraction of sp³-hybridized carbons (Fsp3) is 0.885. The summed E-state index contributed by atoms with van der Waals surface area (Å²) in [5.41, 5.74) is -1.11. The van der Waals surface area contributed by atoms with E-state index >= 15 is 4.39 Å². The lowest BCUT2D eigenvalue weighted by Gasteiger charge is -2.59. The molecular weight excluding hydrogens is 492 g/mol. The summed E-state index contributed by atoms with van der Waals surface area (Å²) in [6, 6.07) is 1.56. The number of rotatable bonds is 4. The topological polar surface area (TPSA) is 85.7 Å². The standard InChI is InChI=1S/C26H36F4N4O3/c1-15-14-37-23(32-15)18-9-25(10-18)24(36)33(21-7-4-17(11-31)8-20(21)27)13-22(35)34(25)12-16-2-5-19(6-3-16)26(28,29)30/h15-21,23,32H,2-10,12-14H2,1H3. The van der Waals surface area contributed by atoms with Crippen LogP contribution in [0, 0.1) is 35.0 Å². The van der Waals surface area contributed by atoms with Crippen LogP contribution in [-0.2, 0) is 14.3 Å². The number of ether oxygens (including phenoxy) is 1. The number of hydrogen-bond donors (Lipinski definition) is 1. The van der Waals surface area contributed by atoms with Gasteiger partial charge in [-0.25, -0.2) is 4.39 Å². The third-order valence-electron chi connectivity index (χ3n) is 9.46. The number of nitrogens with one attached hydrogen (secondary N) is 1. The molecule has 0 aromatic carbocycles. The number of nitriles is 1. The lowest BCUT2D eigenvalue weighted by Crippen LogP contribution is -2.76. The number of nitrogens with zero attached hydrogens (tertiary/aromatic N) is 3. The lowest BCUT2D eigenvalue weighted by atomic mass is 9.63. The molecule has 3 saturated carbocycles. The van der Waals surface area contributed by atoms with Crippen LogP contribution in [0.3, 0.4) is 0 Å². The number of alkyl halides is 4. The summed E-state index contributed by atoms with van der Waals surface area (Å²) in [5.74, 6) is -2.31. The monoisotopic (exact) mass is 528 g/mol. The van der Waals surface area contributed by atoms with Gasteiger partial charge in [0.05, 0.1) is 24.6 Å². The van der Waals surface area contributed by atoms with Crippen molar-refractivity contribution in [1.29, 1.82) is 5.26 Å². The molecule has 1 N–H and O–H groups in total. The van der Waals surface area contributed by atoms with Gasteiger partial charge in [-0.2, -0.15) is 18.4 Å². The molecule has 0 bridgehead atoms. The Hall–Kier alpha value is -1.93. The van der Waals surface area contributed by atoms with Crippen LogP contribution >= 0.6 is 0 Å². The Kier molecular flexibility index (Phi) is 7.20. The fourth-order valence-corrected chi connectivity index (χ4v) is 7.28. The van der Waals surface area contributed by atoms with Gasteiger partial charge in [0.25, 0.3) is 0 Å². The molecule has 5 unspecified atom stereocenters. The number of carbonyl (C=O) groups is 2. The summed E-state index contributed by atoms with van der Waals surface area (Å²) in [6.45, 7) is 2.60. The SMILES string of the molecule is CC1COC(C2CC3(C2)C(=O)N(C2CCC(C#N)CC2F)CC(=O)N3CC2CCC(C(F)(F)F)CC2)N1. The molecule has 0 aromatic heterocycles. The van der Waals surface area contributed by atoms with Gasteiger partial charge < -0.3 is 14.5 Å². The summed E-state index contributed by atoms with van der Waals surface area (Å²) >= 11 is 0. The number of halogens is 4. The Bertz CT molecular complexity index is 926. The summed E-state index contributed by atoms with van der Waals surface area (Å²) in [7, 11) is 0. The molecule has 5 rings (SSSR count). The van der Waals surface area contributed by atoms with Gasteiger partial charge in [-0.1, -0.05) is 0 Å². The van der Waals surface area contributed by atoms with E-state index in [0.29, 0.717) is 45.1 Å². The molecule has 2 amide bonds. The molecule has 5 atom stereocenters. The van der Waals surface area contributed by atoms with Crippen molar-refractivity contribution >= 4 is 11.8 Å². The highest BCUT2D eigenvalue weighted by Crippen LogP contribution is 2.50. The zero-order chi connectivity index (χ0) is 26.5. The molecule has 5 fully saturated rings. The predicted octanol–water partition coefficient (Wildman–Crippen LogP) is 3.54. The first-order valence-corrected chi connectivity index (χ1v) is 13.6. The van der Waals surface area contributed by atoms with Crippen LogP contribution in [0.4, 0.5) is 17.6 Å². The van der Waals surface area contributed by atoms with E-state index in [1.54, 1.807) is 4.90 Å². The van der Waals surface area contributed by atoms with Crippen molar-refractivity contribution in [1.82, 2.24) is 15.1 Å². The average Bonchev–Trinajstić information content (AvgIpc) is 3.26. The highest BCUT2D eigenvalue weighted by atomic mass is 19.4. The molecule has 3 aliphatic carbocycles. The first-order chi connectivity index (χ1) is 17.5. The van der Waals surface area contributed by atoms with Crippen LogP contribution in [-0.4, -0.2) is 77.5 Å². The van der Waals surface area contributed by atoms with Crippen LogP contribution in [0.5, 0.6) is 0 Å². The minimum atomic E-state index is -4.20. The third-order valence-corrected chi connectivity index (χ3v) is 9.46. The molecule has 11 heteroatoms. The zero-order valence-electron chi connectivity index (χ0n) is 21.2. The first kappa shape index (κ1) is 26.7. The van der Waals surface area contributed by atoms with Crippen LogP contribution in [0.1, 0.15) is 64.7 Å². The highest BCUT2D eigenvalue weighted by molar-refractivity contribution is 5.99. The van der Waals surface area contributed by atoms with E-state index in [0.717, 1.165) is 0 Å². The lowest BCUT2D eigenvalue weighted by molar-refractivity contribution is -0.191. The molecule has 2 saturated heterocycles. The van der Waals surface area contributed by atoms with Gasteiger partial charge in [0, 0.05) is 24.4 Å². The van der Waals surface area contributed by atoms with Crippen molar-refractivity contribution in [3.63, 3.8) is 0 Å². The average molecular weight is 529 g/mol. The summed E-state index contributed by atoms with van der Waals surface area (Å²) in [6.07, 6.45) is -3.34. The zero-order valence-corrected chi connectivity index (χ0v) is 21.2. The molecule has 2 heterocycles. The molecule has 0 aromatic rings. The Labute approximate surface area is 214 Å². The second-order valence-corrected chi connectivity index (χ2v) is 11.9. The van der Waals surface area contributed by atoms with Crippen molar-refractivity contribution in [2.75, 3.05) is 19.7 Å².